The first-order chi connectivity index (χ1) is 11.4. The molecular weight excluding hydrogens is 222 g/mol. The summed E-state index contributed by atoms with van der Waals surface area (Å²) in [5, 5.41) is 2.00. The van der Waals surface area contributed by atoms with Crippen molar-refractivity contribution in [3.05, 3.63) is 34.9 Å². The maximum atomic E-state index is 12.6. The Morgan fingerprint density at radius 1 is 1.56 bits per heavy atom. The number of hydrogen-bond donors (Lipinski definition) is 1. The lowest BCUT2D eigenvalue weighted by Gasteiger charge is -2.25. The van der Waals surface area contributed by atoms with Crippen molar-refractivity contribution >= 4 is 17.4 Å². The summed E-state index contributed by atoms with van der Waals surface area (Å²) < 4.78 is 76.1. The van der Waals surface area contributed by atoms with Gasteiger partial charge in [-0.05, 0) is 39.6 Å². The van der Waals surface area contributed by atoms with Gasteiger partial charge in [-0.1, -0.05) is 23.7 Å². The third-order valence-electron chi connectivity index (χ3n) is 1.80. The van der Waals surface area contributed by atoms with E-state index >= 15 is 0 Å². The van der Waals surface area contributed by atoms with Gasteiger partial charge in [-0.25, -0.2) is 0 Å². The smallest absolute Gasteiger partial charge is 0.179 e. The minimum absolute atomic E-state index is 0.0991. The lowest BCUT2D eigenvalue weighted by molar-refractivity contribution is 0.0936. The topological polar surface area (TPSA) is 29.1 Å². The molecule has 1 aromatic carbocycles. The van der Waals surface area contributed by atoms with Crippen molar-refractivity contribution in [1.29, 1.82) is 0 Å². The van der Waals surface area contributed by atoms with Crippen LogP contribution in [0, 0.1) is 0 Å². The summed E-state index contributed by atoms with van der Waals surface area (Å²) in [5.74, 6) is -1.03. The van der Waals surface area contributed by atoms with Gasteiger partial charge < -0.3 is 5.32 Å². The molecule has 88 valence electrons. The van der Waals surface area contributed by atoms with E-state index in [1.165, 1.54) is 24.3 Å². The number of halogens is 1. The minimum Gasteiger partial charge on any atom is -0.303 e. The van der Waals surface area contributed by atoms with E-state index in [1.54, 1.807) is 0 Å². The highest BCUT2D eigenvalue weighted by Gasteiger charge is 2.20. The fourth-order valence-corrected chi connectivity index (χ4v) is 1.37. The molecule has 0 bridgehead atoms. The van der Waals surface area contributed by atoms with Gasteiger partial charge in [0.05, 0.1) is 7.39 Å². The van der Waals surface area contributed by atoms with E-state index in [2.05, 4.69) is 0 Å². The van der Waals surface area contributed by atoms with Gasteiger partial charge in [0.25, 0.3) is 0 Å². The van der Waals surface area contributed by atoms with Crippen molar-refractivity contribution in [2.24, 2.45) is 0 Å². The molecule has 0 heterocycles. The van der Waals surface area contributed by atoms with Crippen LogP contribution in [0.1, 0.15) is 51.5 Å². The van der Waals surface area contributed by atoms with Crippen molar-refractivity contribution in [2.75, 3.05) is 0 Å². The van der Waals surface area contributed by atoms with Crippen molar-refractivity contribution in [2.45, 2.75) is 39.0 Å². The molecule has 1 rings (SSSR count). The molecule has 3 heteroatoms. The van der Waals surface area contributed by atoms with Gasteiger partial charge in [0.1, 0.15) is 0 Å². The number of rotatable bonds is 3. The molecule has 0 fully saturated rings. The number of carbonyl (C=O) groups excluding carboxylic acids is 1. The normalized spacial score (nSPS) is 27.1. The molecule has 0 aliphatic rings. The van der Waals surface area contributed by atoms with Crippen LogP contribution in [0.5, 0.6) is 0 Å². The molecule has 0 amide bonds. The predicted octanol–water partition coefficient (Wildman–Crippen LogP) is 3.30. The Morgan fingerprint density at radius 3 is 2.81 bits per heavy atom. The Labute approximate surface area is 116 Å². The zero-order valence-corrected chi connectivity index (χ0v) is 9.35. The molecule has 0 spiro atoms. The highest BCUT2D eigenvalue weighted by atomic mass is 35.5. The summed E-state index contributed by atoms with van der Waals surface area (Å²) in [7, 11) is 0. The molecule has 0 saturated heterocycles. The average molecular weight is 250 g/mol. The van der Waals surface area contributed by atoms with E-state index in [4.69, 9.17) is 25.3 Å². The first-order valence-electron chi connectivity index (χ1n) is 9.46. The van der Waals surface area contributed by atoms with Crippen LogP contribution in [0.4, 0.5) is 0 Å². The molecule has 1 atom stereocenters. The predicted molar refractivity (Wildman–Crippen MR) is 68.1 cm³/mol. The highest BCUT2D eigenvalue weighted by molar-refractivity contribution is 6.31. The Balaban J connectivity index is 3.53. The fourth-order valence-electron chi connectivity index (χ4n) is 1.18. The van der Waals surface area contributed by atoms with Crippen LogP contribution in [0.2, 0.25) is 5.02 Å². The maximum absolute atomic E-state index is 12.6. The first-order valence-corrected chi connectivity index (χ1v) is 4.84. The lowest BCUT2D eigenvalue weighted by atomic mass is 10.0. The monoisotopic (exact) mass is 249 g/mol. The molecule has 0 aromatic heterocycles. The summed E-state index contributed by atoms with van der Waals surface area (Å²) in [4.78, 5) is 12.6. The van der Waals surface area contributed by atoms with Crippen molar-refractivity contribution in [3.63, 3.8) is 0 Å². The van der Waals surface area contributed by atoms with Gasteiger partial charge in [-0.3, -0.25) is 4.79 Å². The molecule has 16 heavy (non-hydrogen) atoms. The second-order valence-corrected chi connectivity index (χ2v) is 3.78. The molecule has 2 nitrogen and oxygen atoms in total. The van der Waals surface area contributed by atoms with Crippen molar-refractivity contribution < 1.29 is 18.5 Å². The Kier molecular flexibility index (Phi) is 1.49. The highest BCUT2D eigenvalue weighted by Crippen LogP contribution is 2.13. The standard InChI is InChI=1S/C13H18ClNO/c1-9(15-13(2,3)4)12(16)10-6-5-7-11(14)8-10/h5-9,15H,1-4H3/i2D3,3D3,4D3,9D. The van der Waals surface area contributed by atoms with Gasteiger partial charge in [0, 0.05) is 28.5 Å². The van der Waals surface area contributed by atoms with E-state index in [0.29, 0.717) is 0 Å². The van der Waals surface area contributed by atoms with Gasteiger partial charge in [0.2, 0.25) is 0 Å². The van der Waals surface area contributed by atoms with Crippen LogP contribution in [0.3, 0.4) is 0 Å². The summed E-state index contributed by atoms with van der Waals surface area (Å²) >= 11 is 5.79. The van der Waals surface area contributed by atoms with Gasteiger partial charge >= 0.3 is 0 Å². The summed E-state index contributed by atoms with van der Waals surface area (Å²) in [6.45, 7) is -9.81. The third kappa shape index (κ3) is 3.95. The zero-order valence-electron chi connectivity index (χ0n) is 18.6. The molecule has 0 saturated carbocycles. The molecule has 1 unspecified atom stereocenters. The summed E-state index contributed by atoms with van der Waals surface area (Å²) in [5.41, 5.74) is -3.59. The molecule has 0 aliphatic heterocycles. The van der Waals surface area contributed by atoms with E-state index in [0.717, 1.165) is 6.92 Å². The van der Waals surface area contributed by atoms with Crippen LogP contribution in [0.25, 0.3) is 0 Å². The summed E-state index contributed by atoms with van der Waals surface area (Å²) in [6, 6.07) is 2.81. The summed E-state index contributed by atoms with van der Waals surface area (Å²) in [6.07, 6.45) is 0. The van der Waals surface area contributed by atoms with E-state index < -0.39 is 37.9 Å². The number of Topliss-reactive ketones (excluding diaryl/α,β-unsaturated/α-hetero) is 1. The van der Waals surface area contributed by atoms with Crippen LogP contribution in [-0.4, -0.2) is 17.3 Å². The van der Waals surface area contributed by atoms with E-state index in [9.17, 15) is 4.79 Å². The SMILES string of the molecule is [2H]C(C)(NC(C([2H])([2H])[2H])(C([2H])([2H])[2H])C([2H])([2H])[2H])C(=O)c1cccc(Cl)c1. The molecule has 0 aliphatic carbocycles. The number of ketones is 1. The Hall–Kier alpha value is -0.860. The van der Waals surface area contributed by atoms with E-state index in [1.807, 2.05) is 5.32 Å². The Morgan fingerprint density at radius 2 is 2.25 bits per heavy atom. The molecular formula is C13H18ClNO. The van der Waals surface area contributed by atoms with Crippen molar-refractivity contribution in [3.8, 4) is 0 Å². The maximum Gasteiger partial charge on any atom is 0.179 e. The Bertz CT molecular complexity index is 641. The lowest BCUT2D eigenvalue weighted by Crippen LogP contribution is -2.46. The van der Waals surface area contributed by atoms with Crippen LogP contribution < -0.4 is 5.32 Å². The largest absolute Gasteiger partial charge is 0.303 e. The molecule has 0 radical (unpaired) electrons. The molecule has 1 aromatic rings. The van der Waals surface area contributed by atoms with Crippen LogP contribution >= 0.6 is 11.6 Å². The van der Waals surface area contributed by atoms with Crippen LogP contribution in [0.15, 0.2) is 24.3 Å². The number of hydrogen-bond acceptors (Lipinski definition) is 2. The zero-order chi connectivity index (χ0) is 20.8. The van der Waals surface area contributed by atoms with Gasteiger partial charge in [-0.2, -0.15) is 0 Å². The minimum atomic E-state index is -3.57. The second-order valence-electron chi connectivity index (χ2n) is 3.34. The average Bonchev–Trinajstić information content (AvgIpc) is 2.40. The fraction of sp³-hybridized carbons (Fsp3) is 0.462. The van der Waals surface area contributed by atoms with Gasteiger partial charge in [0.15, 0.2) is 5.78 Å². The number of carbonyl (C=O) groups is 1. The second kappa shape index (κ2) is 4.98. The van der Waals surface area contributed by atoms with Crippen LogP contribution in [-0.2, 0) is 0 Å². The number of nitrogens with one attached hydrogen (secondary N) is 1. The van der Waals surface area contributed by atoms with Crippen molar-refractivity contribution in [1.82, 2.24) is 5.32 Å². The molecule has 1 N–H and O–H groups in total. The quantitative estimate of drug-likeness (QED) is 0.833. The first kappa shape index (κ1) is 4.79. The number of benzene rings is 1. The van der Waals surface area contributed by atoms with Gasteiger partial charge in [-0.15, -0.1) is 0 Å². The van der Waals surface area contributed by atoms with E-state index in [-0.39, 0.29) is 10.6 Å². The third-order valence-corrected chi connectivity index (χ3v) is 2.04.